The third-order valence-corrected chi connectivity index (χ3v) is 1.98. The van der Waals surface area contributed by atoms with E-state index in [9.17, 15) is 0 Å². The van der Waals surface area contributed by atoms with Crippen molar-refractivity contribution >= 4 is 28.4 Å². The minimum absolute atomic E-state index is 0.702. The lowest BCUT2D eigenvalue weighted by atomic mass is 10.4. The van der Waals surface area contributed by atoms with Gasteiger partial charge in [-0.05, 0) is 34.7 Å². The average Bonchev–Trinajstić information content (AvgIpc) is 2.09. The van der Waals surface area contributed by atoms with Crippen LogP contribution in [0, 0.1) is 3.57 Å². The van der Waals surface area contributed by atoms with Gasteiger partial charge in [0.2, 0.25) is 0 Å². The number of halogens is 1. The highest BCUT2D eigenvalue weighted by molar-refractivity contribution is 14.1. The van der Waals surface area contributed by atoms with E-state index in [0.29, 0.717) is 6.61 Å². The molecule has 66 valence electrons. The van der Waals surface area contributed by atoms with Gasteiger partial charge in [0.1, 0.15) is 5.82 Å². The zero-order valence-electron chi connectivity index (χ0n) is 6.88. The number of nitrogens with one attached hydrogen (secondary N) is 1. The van der Waals surface area contributed by atoms with Gasteiger partial charge < -0.3 is 10.1 Å². The maximum atomic E-state index is 4.90. The fraction of sp³-hybridized carbons (Fsp3) is 0.375. The Morgan fingerprint density at radius 1 is 1.58 bits per heavy atom. The Morgan fingerprint density at radius 3 is 3.00 bits per heavy atom. The lowest BCUT2D eigenvalue weighted by Crippen LogP contribution is -2.08. The summed E-state index contributed by atoms with van der Waals surface area (Å²) in [6.45, 7) is 1.50. The maximum absolute atomic E-state index is 4.90. The van der Waals surface area contributed by atoms with Crippen LogP contribution >= 0.6 is 22.6 Å². The second-order valence-electron chi connectivity index (χ2n) is 2.28. The molecule has 1 rings (SSSR count). The molecule has 0 spiro atoms. The number of aromatic nitrogens is 1. The van der Waals surface area contributed by atoms with Gasteiger partial charge in [0.15, 0.2) is 0 Å². The number of nitrogens with zero attached hydrogens (tertiary/aromatic N) is 1. The van der Waals surface area contributed by atoms with E-state index in [2.05, 4.69) is 32.9 Å². The Balaban J connectivity index is 2.37. The van der Waals surface area contributed by atoms with Crippen LogP contribution in [0.15, 0.2) is 18.3 Å². The summed E-state index contributed by atoms with van der Waals surface area (Å²) in [6.07, 6.45) is 1.83. The van der Waals surface area contributed by atoms with Crippen molar-refractivity contribution in [1.82, 2.24) is 4.98 Å². The topological polar surface area (TPSA) is 34.1 Å². The van der Waals surface area contributed by atoms with Crippen LogP contribution in [0.25, 0.3) is 0 Å². The molecule has 1 aromatic rings. The molecule has 1 heterocycles. The highest BCUT2D eigenvalue weighted by atomic mass is 127. The minimum Gasteiger partial charge on any atom is -0.383 e. The molecule has 0 amide bonds. The average molecular weight is 278 g/mol. The van der Waals surface area contributed by atoms with Gasteiger partial charge in [-0.3, -0.25) is 0 Å². The van der Waals surface area contributed by atoms with E-state index < -0.39 is 0 Å². The molecule has 0 atom stereocenters. The molecule has 0 unspecified atom stereocenters. The number of hydrogen-bond acceptors (Lipinski definition) is 3. The zero-order valence-corrected chi connectivity index (χ0v) is 9.04. The van der Waals surface area contributed by atoms with Crippen molar-refractivity contribution < 1.29 is 4.74 Å². The third-order valence-electron chi connectivity index (χ3n) is 1.34. The molecule has 3 nitrogen and oxygen atoms in total. The summed E-state index contributed by atoms with van der Waals surface area (Å²) in [6, 6.07) is 3.97. The van der Waals surface area contributed by atoms with Crippen molar-refractivity contribution in [2.24, 2.45) is 0 Å². The SMILES string of the molecule is COCCNc1ccc(I)cn1. The van der Waals surface area contributed by atoms with E-state index in [0.717, 1.165) is 15.9 Å². The molecule has 0 radical (unpaired) electrons. The van der Waals surface area contributed by atoms with Gasteiger partial charge in [-0.15, -0.1) is 0 Å². The van der Waals surface area contributed by atoms with Crippen LogP contribution in [-0.4, -0.2) is 25.2 Å². The van der Waals surface area contributed by atoms with Crippen molar-refractivity contribution in [3.63, 3.8) is 0 Å². The number of rotatable bonds is 4. The molecule has 0 aliphatic heterocycles. The Labute approximate surface area is 85.7 Å². The molecule has 0 fully saturated rings. The normalized spacial score (nSPS) is 9.83. The Kier molecular flexibility index (Phi) is 4.31. The van der Waals surface area contributed by atoms with Crippen molar-refractivity contribution in [3.05, 3.63) is 21.9 Å². The lowest BCUT2D eigenvalue weighted by Gasteiger charge is -2.03. The van der Waals surface area contributed by atoms with Gasteiger partial charge in [-0.1, -0.05) is 0 Å². The molecule has 4 heteroatoms. The van der Waals surface area contributed by atoms with Crippen LogP contribution in [0.5, 0.6) is 0 Å². The predicted octanol–water partition coefficient (Wildman–Crippen LogP) is 1.74. The Hall–Kier alpha value is -0.360. The molecular formula is C8H11IN2O. The molecule has 0 aliphatic rings. The quantitative estimate of drug-likeness (QED) is 0.673. The first kappa shape index (κ1) is 9.73. The summed E-state index contributed by atoms with van der Waals surface area (Å²) >= 11 is 2.23. The number of ether oxygens (including phenoxy) is 1. The smallest absolute Gasteiger partial charge is 0.126 e. The van der Waals surface area contributed by atoms with Gasteiger partial charge in [0, 0.05) is 23.4 Å². The van der Waals surface area contributed by atoms with E-state index in [1.807, 2.05) is 18.3 Å². The van der Waals surface area contributed by atoms with Crippen LogP contribution < -0.4 is 5.32 Å². The summed E-state index contributed by atoms with van der Waals surface area (Å²) in [7, 11) is 1.68. The van der Waals surface area contributed by atoms with E-state index in [-0.39, 0.29) is 0 Å². The Bertz CT molecular complexity index is 225. The second kappa shape index (κ2) is 5.31. The number of hydrogen-bond donors (Lipinski definition) is 1. The molecule has 0 saturated heterocycles. The summed E-state index contributed by atoms with van der Waals surface area (Å²) in [5.41, 5.74) is 0. The second-order valence-corrected chi connectivity index (χ2v) is 3.53. The highest BCUT2D eigenvalue weighted by Crippen LogP contribution is 2.06. The molecule has 1 N–H and O–H groups in total. The molecular weight excluding hydrogens is 267 g/mol. The van der Waals surface area contributed by atoms with Crippen molar-refractivity contribution in [3.8, 4) is 0 Å². The lowest BCUT2D eigenvalue weighted by molar-refractivity contribution is 0.210. The fourth-order valence-electron chi connectivity index (χ4n) is 0.762. The third kappa shape index (κ3) is 3.36. The van der Waals surface area contributed by atoms with Gasteiger partial charge in [-0.2, -0.15) is 0 Å². The maximum Gasteiger partial charge on any atom is 0.126 e. The molecule has 0 saturated carbocycles. The van der Waals surface area contributed by atoms with Crippen LogP contribution in [0.1, 0.15) is 0 Å². The highest BCUT2D eigenvalue weighted by Gasteiger charge is 1.91. The van der Waals surface area contributed by atoms with E-state index >= 15 is 0 Å². The number of anilines is 1. The van der Waals surface area contributed by atoms with Crippen molar-refractivity contribution in [1.29, 1.82) is 0 Å². The van der Waals surface area contributed by atoms with E-state index in [1.165, 1.54) is 0 Å². The standard InChI is InChI=1S/C8H11IN2O/c1-12-5-4-10-8-3-2-7(9)6-11-8/h2-3,6H,4-5H2,1H3,(H,10,11). The number of methoxy groups -OCH3 is 1. The molecule has 12 heavy (non-hydrogen) atoms. The fourth-order valence-corrected chi connectivity index (χ4v) is 1.08. The molecule has 0 aliphatic carbocycles. The van der Waals surface area contributed by atoms with Crippen LogP contribution in [0.2, 0.25) is 0 Å². The van der Waals surface area contributed by atoms with Crippen LogP contribution in [0.3, 0.4) is 0 Å². The first-order chi connectivity index (χ1) is 5.83. The Morgan fingerprint density at radius 2 is 2.42 bits per heavy atom. The minimum atomic E-state index is 0.702. The first-order valence-corrected chi connectivity index (χ1v) is 4.75. The zero-order chi connectivity index (χ0) is 8.81. The number of pyridine rings is 1. The predicted molar refractivity (Wildman–Crippen MR) is 57.3 cm³/mol. The summed E-state index contributed by atoms with van der Waals surface area (Å²) < 4.78 is 6.04. The van der Waals surface area contributed by atoms with E-state index in [4.69, 9.17) is 4.74 Å². The van der Waals surface area contributed by atoms with E-state index in [1.54, 1.807) is 7.11 Å². The largest absolute Gasteiger partial charge is 0.383 e. The summed E-state index contributed by atoms with van der Waals surface area (Å²) in [4.78, 5) is 4.18. The van der Waals surface area contributed by atoms with Crippen LogP contribution in [0.4, 0.5) is 5.82 Å². The monoisotopic (exact) mass is 278 g/mol. The first-order valence-electron chi connectivity index (χ1n) is 3.67. The van der Waals surface area contributed by atoms with Gasteiger partial charge in [0.25, 0.3) is 0 Å². The van der Waals surface area contributed by atoms with Gasteiger partial charge in [-0.25, -0.2) is 4.98 Å². The summed E-state index contributed by atoms with van der Waals surface area (Å²) in [5.74, 6) is 0.896. The van der Waals surface area contributed by atoms with Crippen LogP contribution in [-0.2, 0) is 4.74 Å². The summed E-state index contributed by atoms with van der Waals surface area (Å²) in [5, 5.41) is 3.13. The van der Waals surface area contributed by atoms with Gasteiger partial charge >= 0.3 is 0 Å². The van der Waals surface area contributed by atoms with Crippen molar-refractivity contribution in [2.75, 3.05) is 25.6 Å². The molecule has 0 aromatic carbocycles. The molecule has 1 aromatic heterocycles. The van der Waals surface area contributed by atoms with Crippen molar-refractivity contribution in [2.45, 2.75) is 0 Å². The van der Waals surface area contributed by atoms with Gasteiger partial charge in [0.05, 0.1) is 6.61 Å². The molecule has 0 bridgehead atoms.